The van der Waals surface area contributed by atoms with E-state index in [2.05, 4.69) is 30.1 Å². The lowest BCUT2D eigenvalue weighted by Crippen LogP contribution is -2.15. The van der Waals surface area contributed by atoms with Gasteiger partial charge < -0.3 is 0 Å². The molecule has 0 radical (unpaired) electrons. The molecule has 6 aromatic rings. The van der Waals surface area contributed by atoms with Gasteiger partial charge in [0.25, 0.3) is 11.6 Å². The Balaban J connectivity index is 0.000000159. The van der Waals surface area contributed by atoms with Crippen molar-refractivity contribution in [2.24, 2.45) is 5.92 Å². The van der Waals surface area contributed by atoms with Crippen LogP contribution in [0.5, 0.6) is 0 Å². The average Bonchev–Trinajstić information content (AvgIpc) is 3.76. The molecule has 0 spiro atoms. The molecule has 8 rings (SSSR count). The van der Waals surface area contributed by atoms with Crippen LogP contribution in [0.15, 0.2) is 36.9 Å². The number of rotatable bonds is 5. The smallest absolute Gasteiger partial charge is 0.216 e. The summed E-state index contributed by atoms with van der Waals surface area (Å²) in [5.74, 6) is -4.27. The maximum atomic E-state index is 14.5. The number of hydrogen-bond acceptors (Lipinski definition) is 6. The second kappa shape index (κ2) is 14.4. The fourth-order valence-corrected chi connectivity index (χ4v) is 7.80. The number of hydrogen-bond donors (Lipinski definition) is 0. The predicted octanol–water partition coefficient (Wildman–Crippen LogP) is 9.20. The number of halogens is 6. The molecule has 51 heavy (non-hydrogen) atoms. The molecule has 0 saturated heterocycles. The average molecular weight is 707 g/mol. The van der Waals surface area contributed by atoms with E-state index < -0.39 is 34.9 Å². The molecule has 0 atom stereocenters. The Labute approximate surface area is 290 Å². The summed E-state index contributed by atoms with van der Waals surface area (Å²) in [5, 5.41) is 8.43. The highest BCUT2D eigenvalue weighted by Crippen LogP contribution is 2.41. The Morgan fingerprint density at radius 1 is 0.569 bits per heavy atom. The Hall–Kier alpha value is -4.88. The van der Waals surface area contributed by atoms with Crippen LogP contribution in [0.3, 0.4) is 0 Å². The van der Waals surface area contributed by atoms with E-state index >= 15 is 0 Å². The van der Waals surface area contributed by atoms with Gasteiger partial charge in [-0.25, -0.2) is 45.3 Å². The summed E-state index contributed by atoms with van der Waals surface area (Å²) >= 11 is 0. The first kappa shape index (κ1) is 34.6. The van der Waals surface area contributed by atoms with E-state index in [4.69, 9.17) is 0 Å². The van der Waals surface area contributed by atoms with Gasteiger partial charge in [-0.05, 0) is 39.0 Å². The number of aromatic nitrogens is 8. The summed E-state index contributed by atoms with van der Waals surface area (Å²) < 4.78 is 87.9. The van der Waals surface area contributed by atoms with Gasteiger partial charge in [-0.3, -0.25) is 0 Å². The van der Waals surface area contributed by atoms with E-state index in [-0.39, 0.29) is 17.0 Å². The third kappa shape index (κ3) is 6.79. The molecule has 4 heterocycles. The third-order valence-corrected chi connectivity index (χ3v) is 10.1. The van der Waals surface area contributed by atoms with Gasteiger partial charge in [0.05, 0.1) is 33.9 Å². The van der Waals surface area contributed by atoms with Crippen molar-refractivity contribution >= 4 is 11.6 Å². The minimum absolute atomic E-state index is 0.110. The molecular weight excluding hydrogens is 670 g/mol. The van der Waals surface area contributed by atoms with Crippen LogP contribution in [0.25, 0.3) is 33.8 Å². The zero-order valence-corrected chi connectivity index (χ0v) is 28.2. The summed E-state index contributed by atoms with van der Waals surface area (Å²) in [7, 11) is 0. The fraction of sp³-hybridized carbons (Fsp3) is 0.405. The minimum atomic E-state index is -0.940. The van der Waals surface area contributed by atoms with Crippen molar-refractivity contribution in [2.45, 2.75) is 90.4 Å². The van der Waals surface area contributed by atoms with E-state index in [1.54, 1.807) is 22.9 Å². The van der Waals surface area contributed by atoms with Crippen molar-refractivity contribution in [3.8, 4) is 22.3 Å². The summed E-state index contributed by atoms with van der Waals surface area (Å²) in [5.41, 5.74) is 2.53. The van der Waals surface area contributed by atoms with E-state index in [9.17, 15) is 26.3 Å². The van der Waals surface area contributed by atoms with Gasteiger partial charge in [-0.1, -0.05) is 51.4 Å². The molecule has 0 unspecified atom stereocenters. The van der Waals surface area contributed by atoms with E-state index in [0.29, 0.717) is 82.1 Å². The maximum absolute atomic E-state index is 14.5. The van der Waals surface area contributed by atoms with Crippen molar-refractivity contribution in [1.29, 1.82) is 0 Å². The monoisotopic (exact) mass is 706 g/mol. The van der Waals surface area contributed by atoms with Crippen LogP contribution in [0, 0.1) is 54.7 Å². The van der Waals surface area contributed by atoms with E-state index in [1.165, 1.54) is 19.1 Å². The third-order valence-electron chi connectivity index (χ3n) is 10.1. The molecule has 2 aliphatic carbocycles. The Morgan fingerprint density at radius 2 is 1.02 bits per heavy atom. The zero-order chi connectivity index (χ0) is 35.8. The van der Waals surface area contributed by atoms with Crippen molar-refractivity contribution in [2.75, 3.05) is 0 Å². The summed E-state index contributed by atoms with van der Waals surface area (Å²) in [6.07, 6.45) is 14.2. The van der Waals surface area contributed by atoms with Crippen molar-refractivity contribution in [1.82, 2.24) is 39.2 Å². The quantitative estimate of drug-likeness (QED) is 0.166. The normalized spacial score (nSPS) is 15.8. The van der Waals surface area contributed by atoms with Crippen LogP contribution in [-0.4, -0.2) is 39.2 Å². The Morgan fingerprint density at radius 3 is 1.57 bits per heavy atom. The molecule has 0 bridgehead atoms. The molecule has 14 heteroatoms. The summed E-state index contributed by atoms with van der Waals surface area (Å²) in [4.78, 5) is 16.9. The second-order valence-corrected chi connectivity index (χ2v) is 13.5. The first-order valence-electron chi connectivity index (χ1n) is 17.3. The zero-order valence-electron chi connectivity index (χ0n) is 28.2. The van der Waals surface area contributed by atoms with Crippen molar-refractivity contribution in [3.05, 3.63) is 94.6 Å². The summed E-state index contributed by atoms with van der Waals surface area (Å²) in [6.45, 7) is 3.38. The number of nitrogens with zero attached hydrogens (tertiary/aromatic N) is 8. The summed E-state index contributed by atoms with van der Waals surface area (Å²) in [6, 6.07) is 2.81. The lowest BCUT2D eigenvalue weighted by molar-refractivity contribution is 0.352. The van der Waals surface area contributed by atoms with E-state index in [0.717, 1.165) is 57.8 Å². The SMILES string of the molecule is Cc1nc2ncnn2c(C2CCCCC2)c1-c1c(F)cc(F)cc1F.Cc1nc2ncnn2c(CC2CCCCC2)c1-c1c(F)cc(F)cc1F. The molecule has 0 amide bonds. The van der Waals surface area contributed by atoms with Gasteiger partial charge in [-0.2, -0.15) is 20.2 Å². The van der Waals surface area contributed by atoms with Gasteiger partial charge in [0.15, 0.2) is 0 Å². The topological polar surface area (TPSA) is 86.2 Å². The molecule has 266 valence electrons. The standard InChI is InChI=1S/C19H19F3N4.C18H17F3N4/c1-11-17(18-14(21)8-13(20)9-15(18)22)16(7-12-5-3-2-4-6-12)26-19(25-11)23-10-24-26;1-10-15(16-13(20)7-12(19)8-14(16)21)17(11-5-3-2-4-6-11)25-18(24-10)22-9-23-25/h8-10,12H,2-7H2,1H3;7-9,11H,2-6H2,1H3. The molecule has 8 nitrogen and oxygen atoms in total. The highest BCUT2D eigenvalue weighted by molar-refractivity contribution is 5.72. The van der Waals surface area contributed by atoms with Crippen molar-refractivity contribution in [3.63, 3.8) is 0 Å². The first-order valence-corrected chi connectivity index (χ1v) is 17.3. The van der Waals surface area contributed by atoms with Crippen LogP contribution in [0.2, 0.25) is 0 Å². The van der Waals surface area contributed by atoms with Gasteiger partial charge in [-0.15, -0.1) is 0 Å². The van der Waals surface area contributed by atoms with Gasteiger partial charge in [0.1, 0.15) is 47.6 Å². The number of benzene rings is 2. The Bertz CT molecular complexity index is 2170. The molecule has 4 aromatic heterocycles. The largest absolute Gasteiger partial charge is 0.252 e. The highest BCUT2D eigenvalue weighted by Gasteiger charge is 2.29. The second-order valence-electron chi connectivity index (χ2n) is 13.5. The maximum Gasteiger partial charge on any atom is 0.252 e. The van der Waals surface area contributed by atoms with Crippen LogP contribution in [-0.2, 0) is 6.42 Å². The number of aryl methyl sites for hydroxylation is 2. The van der Waals surface area contributed by atoms with Crippen LogP contribution >= 0.6 is 0 Å². The van der Waals surface area contributed by atoms with Crippen LogP contribution < -0.4 is 0 Å². The highest BCUT2D eigenvalue weighted by atomic mass is 19.2. The van der Waals surface area contributed by atoms with Crippen LogP contribution in [0.1, 0.15) is 92.9 Å². The van der Waals surface area contributed by atoms with Crippen molar-refractivity contribution < 1.29 is 26.3 Å². The molecule has 2 aromatic carbocycles. The molecule has 0 N–H and O–H groups in total. The minimum Gasteiger partial charge on any atom is -0.216 e. The van der Waals surface area contributed by atoms with Gasteiger partial charge in [0.2, 0.25) is 0 Å². The van der Waals surface area contributed by atoms with Gasteiger partial charge >= 0.3 is 0 Å². The number of fused-ring (bicyclic) bond motifs is 2. The van der Waals surface area contributed by atoms with E-state index in [1.807, 2.05) is 0 Å². The predicted molar refractivity (Wildman–Crippen MR) is 178 cm³/mol. The molecule has 2 saturated carbocycles. The lowest BCUT2D eigenvalue weighted by atomic mass is 9.83. The van der Waals surface area contributed by atoms with Gasteiger partial charge in [0, 0.05) is 41.3 Å². The van der Waals surface area contributed by atoms with Crippen LogP contribution in [0.4, 0.5) is 26.3 Å². The Kier molecular flexibility index (Phi) is 9.75. The molecular formula is C37H36F6N8. The first-order chi connectivity index (χ1) is 24.6. The molecule has 2 fully saturated rings. The fourth-order valence-electron chi connectivity index (χ4n) is 7.80. The molecule has 2 aliphatic rings. The lowest BCUT2D eigenvalue weighted by Gasteiger charge is -2.25. The molecule has 0 aliphatic heterocycles.